The first kappa shape index (κ1) is 17.3. The lowest BCUT2D eigenvalue weighted by molar-refractivity contribution is -0.118. The van der Waals surface area contributed by atoms with E-state index >= 15 is 0 Å². The van der Waals surface area contributed by atoms with E-state index in [0.29, 0.717) is 36.1 Å². The van der Waals surface area contributed by atoms with Crippen LogP contribution in [0.3, 0.4) is 0 Å². The van der Waals surface area contributed by atoms with Gasteiger partial charge in [0, 0.05) is 29.7 Å². The van der Waals surface area contributed by atoms with Crippen LogP contribution in [0.4, 0.5) is 26.0 Å². The third-order valence-electron chi connectivity index (χ3n) is 4.67. The molecule has 0 fully saturated rings. The number of fused-ring (bicyclic) bond motifs is 2. The Bertz CT molecular complexity index is 1020. The first-order valence-corrected chi connectivity index (χ1v) is 8.82. The molecule has 3 aromatic rings. The molecule has 0 saturated heterocycles. The average Bonchev–Trinajstić information content (AvgIpc) is 2.68. The van der Waals surface area contributed by atoms with E-state index in [9.17, 15) is 13.6 Å². The lowest BCUT2D eigenvalue weighted by Crippen LogP contribution is -2.34. The second-order valence-corrected chi connectivity index (χ2v) is 6.35. The molecule has 1 aliphatic heterocycles. The fourth-order valence-corrected chi connectivity index (χ4v) is 3.41. The highest BCUT2D eigenvalue weighted by Gasteiger charge is 2.23. The number of hydrogen-bond donors (Lipinski definition) is 1. The van der Waals surface area contributed by atoms with Crippen molar-refractivity contribution in [3.05, 3.63) is 53.9 Å². The molecule has 0 radical (unpaired) electrons. The molecule has 5 nitrogen and oxygen atoms in total. The van der Waals surface area contributed by atoms with Gasteiger partial charge in [-0.15, -0.1) is 0 Å². The van der Waals surface area contributed by atoms with Crippen molar-refractivity contribution in [3.8, 4) is 0 Å². The number of carbonyl (C=O) groups excluding carboxylic acids is 1. The summed E-state index contributed by atoms with van der Waals surface area (Å²) < 4.78 is 26.3. The summed E-state index contributed by atoms with van der Waals surface area (Å²) in [7, 11) is 0. The summed E-state index contributed by atoms with van der Waals surface area (Å²) in [5.74, 6) is -0.0407. The monoisotopic (exact) mass is 368 g/mol. The molecule has 7 heteroatoms. The van der Waals surface area contributed by atoms with Gasteiger partial charge < -0.3 is 10.2 Å². The molecule has 0 aliphatic carbocycles. The van der Waals surface area contributed by atoms with Crippen LogP contribution in [0.1, 0.15) is 31.2 Å². The summed E-state index contributed by atoms with van der Waals surface area (Å²) in [6.07, 6.45) is -1.62. The van der Waals surface area contributed by atoms with Gasteiger partial charge in [0.15, 0.2) is 5.82 Å². The maximum Gasteiger partial charge on any atom is 0.297 e. The highest BCUT2D eigenvalue weighted by atomic mass is 19.3. The van der Waals surface area contributed by atoms with Gasteiger partial charge in [0.25, 0.3) is 6.43 Å². The molecule has 0 unspecified atom stereocenters. The molecule has 1 aliphatic rings. The Kier molecular flexibility index (Phi) is 4.43. The van der Waals surface area contributed by atoms with Crippen molar-refractivity contribution in [3.63, 3.8) is 0 Å². The largest absolute Gasteiger partial charge is 0.340 e. The van der Waals surface area contributed by atoms with Gasteiger partial charge in [0.1, 0.15) is 5.82 Å². The van der Waals surface area contributed by atoms with E-state index in [0.717, 1.165) is 16.9 Å². The number of aromatic nitrogens is 2. The molecule has 2 aromatic carbocycles. The highest BCUT2D eigenvalue weighted by Crippen LogP contribution is 2.32. The van der Waals surface area contributed by atoms with Gasteiger partial charge in [-0.1, -0.05) is 12.1 Å². The van der Waals surface area contributed by atoms with E-state index in [-0.39, 0.29) is 5.91 Å². The number of nitrogens with zero attached hydrogens (tertiary/aromatic N) is 3. The maximum absolute atomic E-state index is 13.2. The second kappa shape index (κ2) is 6.90. The minimum atomic E-state index is -2.75. The van der Waals surface area contributed by atoms with Crippen molar-refractivity contribution in [1.82, 2.24) is 9.97 Å². The number of para-hydroxylation sites is 1. The number of halogens is 2. The topological polar surface area (TPSA) is 58.1 Å². The number of carbonyl (C=O) groups is 1. The van der Waals surface area contributed by atoms with Crippen LogP contribution in [0.2, 0.25) is 0 Å². The van der Waals surface area contributed by atoms with Crippen LogP contribution in [0, 0.1) is 0 Å². The van der Waals surface area contributed by atoms with Crippen LogP contribution in [0.25, 0.3) is 10.9 Å². The molecule has 138 valence electrons. The predicted octanol–water partition coefficient (Wildman–Crippen LogP) is 4.61. The van der Waals surface area contributed by atoms with Crippen molar-refractivity contribution in [2.45, 2.75) is 26.2 Å². The number of anilines is 3. The Morgan fingerprint density at radius 2 is 1.96 bits per heavy atom. The molecule has 1 amide bonds. The van der Waals surface area contributed by atoms with E-state index < -0.39 is 12.2 Å². The van der Waals surface area contributed by atoms with Crippen molar-refractivity contribution in [1.29, 1.82) is 0 Å². The highest BCUT2D eigenvalue weighted by molar-refractivity contribution is 5.97. The number of aryl methyl sites for hydroxylation is 1. The van der Waals surface area contributed by atoms with Crippen LogP contribution in [0.15, 0.2) is 42.5 Å². The zero-order valence-corrected chi connectivity index (χ0v) is 14.7. The minimum absolute atomic E-state index is 0.120. The molecular formula is C20H18F2N4O. The van der Waals surface area contributed by atoms with Gasteiger partial charge >= 0.3 is 0 Å². The maximum atomic E-state index is 13.2. The number of alkyl halides is 2. The number of hydrogen-bond acceptors (Lipinski definition) is 4. The van der Waals surface area contributed by atoms with Crippen LogP contribution < -0.4 is 10.2 Å². The molecule has 0 atom stereocenters. The Balaban J connectivity index is 1.74. The third kappa shape index (κ3) is 3.20. The molecule has 1 aromatic heterocycles. The number of benzene rings is 2. The molecule has 0 spiro atoms. The Morgan fingerprint density at radius 1 is 1.15 bits per heavy atom. The third-order valence-corrected chi connectivity index (χ3v) is 4.67. The van der Waals surface area contributed by atoms with Gasteiger partial charge in [-0.3, -0.25) is 4.79 Å². The molecule has 4 rings (SSSR count). The summed E-state index contributed by atoms with van der Waals surface area (Å²) in [4.78, 5) is 21.7. The number of amides is 1. The molecule has 0 saturated carbocycles. The van der Waals surface area contributed by atoms with E-state index in [1.165, 1.54) is 0 Å². The second-order valence-electron chi connectivity index (χ2n) is 6.35. The fourth-order valence-electron chi connectivity index (χ4n) is 3.41. The Labute approximate surface area is 155 Å². The molecule has 0 bridgehead atoms. The lowest BCUT2D eigenvalue weighted by atomic mass is 10.0. The molecule has 2 heterocycles. The SMILES string of the molecule is CCN1C(=O)CCc2cc(Nc3nc(C(F)F)nc4ccccc34)ccc21. The van der Waals surface area contributed by atoms with E-state index in [2.05, 4.69) is 15.3 Å². The summed E-state index contributed by atoms with van der Waals surface area (Å²) >= 11 is 0. The lowest BCUT2D eigenvalue weighted by Gasteiger charge is -2.28. The van der Waals surface area contributed by atoms with E-state index in [4.69, 9.17) is 0 Å². The standard InChI is InChI=1S/C20H18F2N4O/c1-2-26-16-9-8-13(11-12(16)7-10-17(26)27)23-19-14-5-3-4-6-15(14)24-20(25-19)18(21)22/h3-6,8-9,11,18H,2,7,10H2,1H3,(H,23,24,25). The molecular weight excluding hydrogens is 350 g/mol. The first-order valence-electron chi connectivity index (χ1n) is 8.82. The average molecular weight is 368 g/mol. The number of rotatable bonds is 4. The van der Waals surface area contributed by atoms with Crippen molar-refractivity contribution >= 4 is 34.0 Å². The predicted molar refractivity (Wildman–Crippen MR) is 101 cm³/mol. The van der Waals surface area contributed by atoms with Gasteiger partial charge in [0.2, 0.25) is 5.91 Å². The van der Waals surface area contributed by atoms with Crippen LogP contribution >= 0.6 is 0 Å². The van der Waals surface area contributed by atoms with E-state index in [1.807, 2.05) is 31.2 Å². The summed E-state index contributed by atoms with van der Waals surface area (Å²) in [5.41, 5.74) is 3.16. The van der Waals surface area contributed by atoms with Crippen molar-refractivity contribution in [2.24, 2.45) is 0 Å². The van der Waals surface area contributed by atoms with Crippen LogP contribution in [-0.4, -0.2) is 22.4 Å². The first-order chi connectivity index (χ1) is 13.1. The van der Waals surface area contributed by atoms with Crippen molar-refractivity contribution < 1.29 is 13.6 Å². The number of nitrogens with one attached hydrogen (secondary N) is 1. The van der Waals surface area contributed by atoms with Gasteiger partial charge in [-0.25, -0.2) is 18.7 Å². The Hall–Kier alpha value is -3.09. The fraction of sp³-hybridized carbons (Fsp3) is 0.250. The van der Waals surface area contributed by atoms with E-state index in [1.54, 1.807) is 23.1 Å². The van der Waals surface area contributed by atoms with Gasteiger partial charge in [-0.05, 0) is 49.2 Å². The smallest absolute Gasteiger partial charge is 0.297 e. The zero-order chi connectivity index (χ0) is 19.0. The molecule has 1 N–H and O–H groups in total. The quantitative estimate of drug-likeness (QED) is 0.731. The summed E-state index contributed by atoms with van der Waals surface area (Å²) in [5, 5.41) is 3.82. The summed E-state index contributed by atoms with van der Waals surface area (Å²) in [6.45, 7) is 2.56. The van der Waals surface area contributed by atoms with Gasteiger partial charge in [-0.2, -0.15) is 0 Å². The van der Waals surface area contributed by atoms with Crippen LogP contribution in [0.5, 0.6) is 0 Å². The van der Waals surface area contributed by atoms with Crippen molar-refractivity contribution in [2.75, 3.05) is 16.8 Å². The zero-order valence-electron chi connectivity index (χ0n) is 14.7. The Morgan fingerprint density at radius 3 is 2.74 bits per heavy atom. The minimum Gasteiger partial charge on any atom is -0.340 e. The van der Waals surface area contributed by atoms with Crippen LogP contribution in [-0.2, 0) is 11.2 Å². The normalized spacial score (nSPS) is 13.9. The molecule has 27 heavy (non-hydrogen) atoms. The summed E-state index contributed by atoms with van der Waals surface area (Å²) in [6, 6.07) is 12.7. The van der Waals surface area contributed by atoms with Gasteiger partial charge in [0.05, 0.1) is 5.52 Å².